The maximum atomic E-state index is 0. The second-order valence-electron chi connectivity index (χ2n) is 0. The molecule has 0 amide bonds. The van der Waals surface area contributed by atoms with Crippen molar-refractivity contribution >= 4 is 34.7 Å². The van der Waals surface area contributed by atoms with Crippen molar-refractivity contribution in [3.63, 3.8) is 0 Å². The quantitative estimate of drug-likeness (QED) is 0.341. The minimum atomic E-state index is 0. The van der Waals surface area contributed by atoms with E-state index in [9.17, 15) is 0 Å². The van der Waals surface area contributed by atoms with E-state index in [1.54, 1.807) is 0 Å². The van der Waals surface area contributed by atoms with Crippen LogP contribution in [0.15, 0.2) is 0 Å². The van der Waals surface area contributed by atoms with Gasteiger partial charge in [-0.2, -0.15) is 0 Å². The summed E-state index contributed by atoms with van der Waals surface area (Å²) in [5, 5.41) is 0. The van der Waals surface area contributed by atoms with Crippen molar-refractivity contribution in [2.75, 3.05) is 0 Å². The Morgan fingerprint density at radius 3 is 0.750 bits per heavy atom. The molecule has 0 spiro atoms. The molecule has 0 bridgehead atoms. The van der Waals surface area contributed by atoms with E-state index < -0.39 is 0 Å². The van der Waals surface area contributed by atoms with Gasteiger partial charge in [-0.15, -0.1) is 0 Å². The molecule has 1 radical (unpaired) electrons. The molecule has 0 aliphatic carbocycles. The van der Waals surface area contributed by atoms with Gasteiger partial charge >= 0.3 is 0 Å². The van der Waals surface area contributed by atoms with Crippen LogP contribution in [-0.4, -0.2) is 34.7 Å². The largest absolute Gasteiger partial charge is 0.187 e. The van der Waals surface area contributed by atoms with E-state index in [2.05, 4.69) is 0 Å². The Kier molecular flexibility index (Phi) is 132. The molecule has 0 saturated heterocycles. The van der Waals surface area contributed by atoms with Crippen molar-refractivity contribution in [2.45, 2.75) is 0 Å². The van der Waals surface area contributed by atoms with E-state index in [1.165, 1.54) is 0 Å². The van der Waals surface area contributed by atoms with E-state index >= 15 is 0 Å². The Morgan fingerprint density at radius 2 is 0.750 bits per heavy atom. The van der Waals surface area contributed by atoms with Gasteiger partial charge < -0.3 is 0 Å². The van der Waals surface area contributed by atoms with Crippen molar-refractivity contribution in [2.24, 2.45) is 0 Å². The molecule has 0 aromatic carbocycles. The van der Waals surface area contributed by atoms with Gasteiger partial charge in [0.25, 0.3) is 0 Å². The van der Waals surface area contributed by atoms with Crippen LogP contribution in [0.4, 0.5) is 0 Å². The smallest absolute Gasteiger partial charge is 0 e. The molecule has 0 nitrogen and oxygen atoms in total. The molecule has 0 rings (SSSR count). The average Bonchev–Trinajstić information content (AvgIpc) is 0. The summed E-state index contributed by atoms with van der Waals surface area (Å²) in [5.74, 6) is 0. The summed E-state index contributed by atoms with van der Waals surface area (Å²) in [6.07, 6.45) is 0. The van der Waals surface area contributed by atoms with Crippen LogP contribution in [0.1, 0.15) is 0 Å². The number of hydrogen-bond donors (Lipinski definition) is 0. The molecule has 0 aromatic rings. The van der Waals surface area contributed by atoms with Gasteiger partial charge in [0.2, 0.25) is 0 Å². The molecule has 0 N–H and O–H groups in total. The molecule has 0 aliphatic heterocycles. The van der Waals surface area contributed by atoms with Crippen LogP contribution < -0.4 is 0 Å². The zero-order valence-corrected chi connectivity index (χ0v) is 4.44. The molecule has 0 aromatic heterocycles. The van der Waals surface area contributed by atoms with Crippen molar-refractivity contribution in [1.29, 1.82) is 0 Å². The average molecular weight is 153 g/mol. The van der Waals surface area contributed by atoms with Crippen LogP contribution in [0.5, 0.6) is 0 Å². The molecule has 0 atom stereocenters. The number of hydrogen-bond acceptors (Lipinski definition) is 0. The predicted molar refractivity (Wildman–Crippen MR) is 19.9 cm³/mol. The Bertz CT molecular complexity index is 6.00. The summed E-state index contributed by atoms with van der Waals surface area (Å²) >= 11 is 0. The predicted octanol–water partition coefficient (Wildman–Crippen LogP) is -2.37. The van der Waals surface area contributed by atoms with Crippen LogP contribution >= 0.6 is 0 Å². The first-order valence-corrected chi connectivity index (χ1v) is 0. The van der Waals surface area contributed by atoms with Crippen molar-refractivity contribution in [3.8, 4) is 0 Å². The second kappa shape index (κ2) is 17.4. The van der Waals surface area contributed by atoms with E-state index in [0.29, 0.717) is 0 Å². The Hall–Kier alpha value is 2.65. The fraction of sp³-hybridized carbons (Fsp3) is 0. The minimum absolute atomic E-state index is 0. The van der Waals surface area contributed by atoms with Gasteiger partial charge in [0.05, 0.1) is 0 Å². The Morgan fingerprint density at radius 1 is 0.750 bits per heavy atom. The topological polar surface area (TPSA) is 0 Å². The zero-order valence-electron chi connectivity index (χ0n) is 1.08. The first-order valence-electron chi connectivity index (χ1n) is 0. The second-order valence-corrected chi connectivity index (χ2v) is 0. The monoisotopic (exact) mass is 153 g/mol. The molecule has 0 heterocycles. The first kappa shape index (κ1) is 30.2. The SMILES string of the molecule is [AlH3].[AlH3].[Sc].[Ti]. The summed E-state index contributed by atoms with van der Waals surface area (Å²) in [7, 11) is 0. The molecule has 0 fully saturated rings. The fourth-order valence-electron chi connectivity index (χ4n) is 0. The van der Waals surface area contributed by atoms with Crippen molar-refractivity contribution < 1.29 is 47.6 Å². The summed E-state index contributed by atoms with van der Waals surface area (Å²) in [6, 6.07) is 0. The molecule has 19 valence electrons. The van der Waals surface area contributed by atoms with E-state index in [4.69, 9.17) is 0 Å². The van der Waals surface area contributed by atoms with Crippen LogP contribution in [0.25, 0.3) is 0 Å². The summed E-state index contributed by atoms with van der Waals surface area (Å²) < 4.78 is 0. The Balaban J connectivity index is 0. The number of rotatable bonds is 0. The maximum absolute atomic E-state index is 0. The molecule has 4 heteroatoms. The van der Waals surface area contributed by atoms with Crippen LogP contribution in [-0.2, 0) is 47.6 Å². The maximum Gasteiger partial charge on any atom is 0.187 e. The van der Waals surface area contributed by atoms with Crippen molar-refractivity contribution in [3.05, 3.63) is 0 Å². The van der Waals surface area contributed by atoms with E-state index in [-0.39, 0.29) is 82.3 Å². The van der Waals surface area contributed by atoms with Gasteiger partial charge in [0, 0.05) is 47.6 Å². The molecule has 0 saturated carbocycles. The summed E-state index contributed by atoms with van der Waals surface area (Å²) in [5.41, 5.74) is 0. The molecular formula is H6Al2ScTi. The molecular weight excluding hydrogens is 147 g/mol. The third kappa shape index (κ3) is 8.82. The molecule has 0 unspecified atom stereocenters. The summed E-state index contributed by atoms with van der Waals surface area (Å²) in [6.45, 7) is 0. The van der Waals surface area contributed by atoms with E-state index in [0.717, 1.165) is 0 Å². The molecule has 4 heavy (non-hydrogen) atoms. The van der Waals surface area contributed by atoms with Gasteiger partial charge in [0.15, 0.2) is 34.7 Å². The van der Waals surface area contributed by atoms with Gasteiger partial charge in [-0.3, -0.25) is 0 Å². The van der Waals surface area contributed by atoms with Gasteiger partial charge in [-0.25, -0.2) is 0 Å². The van der Waals surface area contributed by atoms with Gasteiger partial charge in [0.1, 0.15) is 0 Å². The zero-order chi connectivity index (χ0) is 0. The van der Waals surface area contributed by atoms with Crippen LogP contribution in [0, 0.1) is 0 Å². The standard InChI is InChI=1S/2Al.Sc.Ti.6H. The molecule has 0 aliphatic rings. The third-order valence-electron chi connectivity index (χ3n) is 0. The van der Waals surface area contributed by atoms with Gasteiger partial charge in [-0.1, -0.05) is 0 Å². The third-order valence-corrected chi connectivity index (χ3v) is 0. The van der Waals surface area contributed by atoms with Crippen molar-refractivity contribution in [1.82, 2.24) is 0 Å². The minimum Gasteiger partial charge on any atom is 0 e. The Labute approximate surface area is 81.0 Å². The summed E-state index contributed by atoms with van der Waals surface area (Å²) in [4.78, 5) is 0. The first-order chi connectivity index (χ1) is 0. The van der Waals surface area contributed by atoms with Crippen LogP contribution in [0.3, 0.4) is 0 Å². The van der Waals surface area contributed by atoms with Gasteiger partial charge in [-0.05, 0) is 0 Å². The van der Waals surface area contributed by atoms with E-state index in [1.807, 2.05) is 0 Å². The van der Waals surface area contributed by atoms with Crippen LogP contribution in [0.2, 0.25) is 0 Å². The normalized spacial score (nSPS) is 0. The fourth-order valence-corrected chi connectivity index (χ4v) is 0.